The number of benzene rings is 3. The number of anilines is 1. The summed E-state index contributed by atoms with van der Waals surface area (Å²) in [6, 6.07) is 18.8. The number of carbonyl (C=O) groups is 1. The van der Waals surface area contributed by atoms with E-state index in [0.717, 1.165) is 10.9 Å². The highest BCUT2D eigenvalue weighted by Crippen LogP contribution is 2.28. The summed E-state index contributed by atoms with van der Waals surface area (Å²) in [6.07, 6.45) is 0. The van der Waals surface area contributed by atoms with Gasteiger partial charge < -0.3 is 14.2 Å². The zero-order valence-electron chi connectivity index (χ0n) is 16.8. The first-order chi connectivity index (χ1) is 15.5. The number of oxazole rings is 1. The number of hydrogen-bond donors (Lipinski definition) is 2. The lowest BCUT2D eigenvalue weighted by Crippen LogP contribution is -2.34. The van der Waals surface area contributed by atoms with E-state index in [2.05, 4.69) is 15.6 Å². The summed E-state index contributed by atoms with van der Waals surface area (Å²) >= 11 is 5.28. The Morgan fingerprint density at radius 1 is 1.00 bits per heavy atom. The molecule has 0 aliphatic heterocycles. The van der Waals surface area contributed by atoms with Gasteiger partial charge in [0.05, 0.1) is 5.56 Å². The minimum Gasteiger partial charge on any atom is -0.451 e. The number of fused-ring (bicyclic) bond motifs is 2. The Labute approximate surface area is 187 Å². The van der Waals surface area contributed by atoms with Gasteiger partial charge in [0.2, 0.25) is 5.89 Å². The molecule has 3 aromatic carbocycles. The zero-order valence-corrected chi connectivity index (χ0v) is 17.6. The lowest BCUT2D eigenvalue weighted by molar-refractivity contribution is 0.0952. The Balaban J connectivity index is 1.33. The maximum atomic E-state index is 14.0. The number of rotatable bonds is 3. The molecule has 0 bridgehead atoms. The Kier molecular flexibility index (Phi) is 4.91. The van der Waals surface area contributed by atoms with Gasteiger partial charge in [0, 0.05) is 16.6 Å². The van der Waals surface area contributed by atoms with Crippen molar-refractivity contribution in [2.45, 2.75) is 6.92 Å². The van der Waals surface area contributed by atoms with Crippen molar-refractivity contribution in [1.82, 2.24) is 10.3 Å². The second kappa shape index (κ2) is 7.90. The number of nitrogens with zero attached hydrogens (tertiary/aromatic N) is 1. The van der Waals surface area contributed by atoms with Crippen LogP contribution in [0.5, 0.6) is 0 Å². The molecule has 158 valence electrons. The topological polar surface area (TPSA) is 80.3 Å². The maximum Gasteiger partial charge on any atom is 0.293 e. The van der Waals surface area contributed by atoms with Crippen molar-refractivity contribution in [1.29, 1.82) is 0 Å². The van der Waals surface area contributed by atoms with Gasteiger partial charge in [0.15, 0.2) is 16.5 Å². The number of para-hydroxylation sites is 1. The van der Waals surface area contributed by atoms with Crippen LogP contribution < -0.4 is 10.6 Å². The molecule has 5 aromatic rings. The first-order valence-electron chi connectivity index (χ1n) is 9.75. The number of amides is 1. The fraction of sp³-hybridized carbons (Fsp3) is 0.0417. The first kappa shape index (κ1) is 19.9. The summed E-state index contributed by atoms with van der Waals surface area (Å²) in [4.78, 5) is 17.0. The smallest absolute Gasteiger partial charge is 0.293 e. The number of furan rings is 1. The molecule has 0 fully saturated rings. The van der Waals surface area contributed by atoms with Gasteiger partial charge in [-0.15, -0.1) is 0 Å². The summed E-state index contributed by atoms with van der Waals surface area (Å²) in [5, 5.41) is 6.56. The summed E-state index contributed by atoms with van der Waals surface area (Å²) in [6.45, 7) is 1.82. The molecule has 2 N–H and O–H groups in total. The molecular formula is C24H16FN3O3S. The van der Waals surface area contributed by atoms with Crippen LogP contribution in [-0.2, 0) is 0 Å². The molecule has 0 aliphatic carbocycles. The molecule has 0 radical (unpaired) electrons. The van der Waals surface area contributed by atoms with E-state index >= 15 is 0 Å². The van der Waals surface area contributed by atoms with Crippen LogP contribution >= 0.6 is 12.2 Å². The van der Waals surface area contributed by atoms with Crippen LogP contribution in [0.25, 0.3) is 33.5 Å². The third-order valence-electron chi connectivity index (χ3n) is 5.03. The number of thiocarbonyl (C=S) groups is 1. The monoisotopic (exact) mass is 445 g/mol. The second-order valence-electron chi connectivity index (χ2n) is 7.14. The van der Waals surface area contributed by atoms with Crippen molar-refractivity contribution < 1.29 is 18.0 Å². The summed E-state index contributed by atoms with van der Waals surface area (Å²) in [5.74, 6) is -0.467. The largest absolute Gasteiger partial charge is 0.451 e. The molecule has 5 rings (SSSR count). The molecule has 0 atom stereocenters. The Hall–Kier alpha value is -4.04. The Bertz CT molecular complexity index is 1510. The number of aromatic nitrogens is 1. The fourth-order valence-electron chi connectivity index (χ4n) is 3.47. The molecular weight excluding hydrogens is 429 g/mol. The van der Waals surface area contributed by atoms with Gasteiger partial charge in [0.25, 0.3) is 5.91 Å². The second-order valence-corrected chi connectivity index (χ2v) is 7.55. The highest BCUT2D eigenvalue weighted by molar-refractivity contribution is 7.80. The van der Waals surface area contributed by atoms with Crippen LogP contribution in [0.1, 0.15) is 16.1 Å². The predicted molar refractivity (Wildman–Crippen MR) is 124 cm³/mol. The van der Waals surface area contributed by atoms with Crippen LogP contribution in [0.4, 0.5) is 10.1 Å². The maximum absolute atomic E-state index is 14.0. The molecule has 6 nitrogen and oxygen atoms in total. The lowest BCUT2D eigenvalue weighted by atomic mass is 10.1. The Morgan fingerprint density at radius 2 is 1.78 bits per heavy atom. The van der Waals surface area contributed by atoms with Gasteiger partial charge in [0.1, 0.15) is 16.9 Å². The van der Waals surface area contributed by atoms with E-state index in [-0.39, 0.29) is 22.3 Å². The molecule has 8 heteroatoms. The van der Waals surface area contributed by atoms with Gasteiger partial charge in [-0.05, 0) is 55.5 Å². The van der Waals surface area contributed by atoms with Crippen molar-refractivity contribution >= 4 is 51.0 Å². The van der Waals surface area contributed by atoms with Crippen LogP contribution in [0, 0.1) is 12.7 Å². The van der Waals surface area contributed by atoms with E-state index in [1.807, 2.05) is 25.1 Å². The van der Waals surface area contributed by atoms with E-state index in [9.17, 15) is 9.18 Å². The van der Waals surface area contributed by atoms with Gasteiger partial charge in [-0.25, -0.2) is 9.37 Å². The Morgan fingerprint density at radius 3 is 2.59 bits per heavy atom. The molecule has 0 saturated heterocycles. The molecule has 0 saturated carbocycles. The molecule has 2 heterocycles. The first-order valence-corrected chi connectivity index (χ1v) is 10.2. The van der Waals surface area contributed by atoms with Crippen molar-refractivity contribution in [3.8, 4) is 11.5 Å². The van der Waals surface area contributed by atoms with Gasteiger partial charge >= 0.3 is 0 Å². The molecule has 32 heavy (non-hydrogen) atoms. The molecule has 1 amide bonds. The standard InChI is InChI=1S/C24H16FN3O3S/c1-13-15-6-3-5-9-19(15)30-21(13)22(29)28-24(32)26-14-10-11-20-18(12-14)27-23(31-20)16-7-2-4-8-17(16)25/h2-12H,1H3,(H2,26,28,29,32). The van der Waals surface area contributed by atoms with E-state index in [1.165, 1.54) is 6.07 Å². The quantitative estimate of drug-likeness (QED) is 0.341. The SMILES string of the molecule is Cc1c(C(=O)NC(=S)Nc2ccc3oc(-c4ccccc4F)nc3c2)oc2ccccc12. The van der Waals surface area contributed by atoms with Crippen molar-refractivity contribution in [3.63, 3.8) is 0 Å². The molecule has 0 unspecified atom stereocenters. The molecule has 0 aliphatic rings. The normalized spacial score (nSPS) is 11.1. The van der Waals surface area contributed by atoms with Crippen molar-refractivity contribution in [2.24, 2.45) is 0 Å². The number of hydrogen-bond acceptors (Lipinski definition) is 5. The number of halogens is 1. The summed E-state index contributed by atoms with van der Waals surface area (Å²) in [7, 11) is 0. The number of carbonyl (C=O) groups excluding carboxylic acids is 1. The van der Waals surface area contributed by atoms with Crippen LogP contribution in [0.2, 0.25) is 0 Å². The number of aryl methyl sites for hydroxylation is 1. The predicted octanol–water partition coefficient (Wildman–Crippen LogP) is 5.82. The fourth-order valence-corrected chi connectivity index (χ4v) is 3.68. The highest BCUT2D eigenvalue weighted by atomic mass is 32.1. The third-order valence-corrected chi connectivity index (χ3v) is 5.23. The summed E-state index contributed by atoms with van der Waals surface area (Å²) < 4.78 is 25.4. The minimum atomic E-state index is -0.444. The van der Waals surface area contributed by atoms with Gasteiger partial charge in [-0.3, -0.25) is 10.1 Å². The van der Waals surface area contributed by atoms with E-state index < -0.39 is 11.7 Å². The molecule has 0 spiro atoms. The van der Waals surface area contributed by atoms with Crippen molar-refractivity contribution in [2.75, 3.05) is 5.32 Å². The van der Waals surface area contributed by atoms with Crippen molar-refractivity contribution in [3.05, 3.63) is 83.9 Å². The average molecular weight is 445 g/mol. The average Bonchev–Trinajstić information content (AvgIpc) is 3.35. The van der Waals surface area contributed by atoms with Gasteiger partial charge in [-0.1, -0.05) is 30.3 Å². The highest BCUT2D eigenvalue weighted by Gasteiger charge is 2.18. The number of nitrogens with one attached hydrogen (secondary N) is 2. The minimum absolute atomic E-state index is 0.104. The van der Waals surface area contributed by atoms with E-state index in [1.54, 1.807) is 42.5 Å². The van der Waals surface area contributed by atoms with Crippen LogP contribution in [-0.4, -0.2) is 16.0 Å². The van der Waals surface area contributed by atoms with E-state index in [0.29, 0.717) is 22.4 Å². The van der Waals surface area contributed by atoms with Crippen LogP contribution in [0.15, 0.2) is 75.6 Å². The lowest BCUT2D eigenvalue weighted by Gasteiger charge is -2.08. The zero-order chi connectivity index (χ0) is 22.2. The van der Waals surface area contributed by atoms with Crippen LogP contribution in [0.3, 0.4) is 0 Å². The van der Waals surface area contributed by atoms with E-state index in [4.69, 9.17) is 21.1 Å². The van der Waals surface area contributed by atoms with Gasteiger partial charge in [-0.2, -0.15) is 0 Å². The summed E-state index contributed by atoms with van der Waals surface area (Å²) in [5.41, 5.74) is 3.28. The molecule has 2 aromatic heterocycles. The third kappa shape index (κ3) is 3.61.